The van der Waals surface area contributed by atoms with E-state index in [1.807, 2.05) is 0 Å². The van der Waals surface area contributed by atoms with Gasteiger partial charge in [-0.05, 0) is 17.7 Å². The number of nitrogens with zero attached hydrogens (tertiary/aromatic N) is 1. The molecule has 4 heteroatoms. The van der Waals surface area contributed by atoms with Crippen molar-refractivity contribution in [2.75, 3.05) is 6.54 Å². The van der Waals surface area contributed by atoms with Gasteiger partial charge in [-0.2, -0.15) is 0 Å². The van der Waals surface area contributed by atoms with E-state index in [0.717, 1.165) is 0 Å². The second-order valence-corrected chi connectivity index (χ2v) is 3.74. The van der Waals surface area contributed by atoms with Crippen LogP contribution in [0.4, 0.5) is 0 Å². The van der Waals surface area contributed by atoms with Crippen LogP contribution in [-0.2, 0) is 4.79 Å². The van der Waals surface area contributed by atoms with Crippen molar-refractivity contribution in [2.45, 2.75) is 4.32 Å². The molecule has 10 heavy (non-hydrogen) atoms. The summed E-state index contributed by atoms with van der Waals surface area (Å²) in [6.45, 7) is 0.381. The summed E-state index contributed by atoms with van der Waals surface area (Å²) in [4.78, 5) is 14.6. The zero-order valence-electron chi connectivity index (χ0n) is 5.05. The number of rotatable bonds is 1. The highest BCUT2D eigenvalue weighted by molar-refractivity contribution is 9.10. The quantitative estimate of drug-likeness (QED) is 0.489. The average molecular weight is 222 g/mol. The molecule has 0 fully saturated rings. The van der Waals surface area contributed by atoms with Crippen LogP contribution in [0.5, 0.6) is 0 Å². The first-order valence-corrected chi connectivity index (χ1v) is 3.89. The highest BCUT2D eigenvalue weighted by atomic mass is 79.9. The number of carbonyl (C=O) groups is 1. The number of carbonyl (C=O) groups excluding carboxylic acids is 1. The number of allylic oxidation sites excluding steroid dienone is 1. The Balaban J connectivity index is 2.80. The van der Waals surface area contributed by atoms with Crippen LogP contribution in [0.1, 0.15) is 0 Å². The van der Waals surface area contributed by atoms with Crippen LogP contribution in [0.25, 0.3) is 0 Å². The molecule has 0 bridgehead atoms. The molecule has 0 amide bonds. The van der Waals surface area contributed by atoms with Gasteiger partial charge in [0.2, 0.25) is 5.24 Å². The molecule has 0 aromatic carbocycles. The van der Waals surface area contributed by atoms with E-state index < -0.39 is 9.57 Å². The van der Waals surface area contributed by atoms with Crippen molar-refractivity contribution in [3.8, 4) is 0 Å². The van der Waals surface area contributed by atoms with Crippen LogP contribution >= 0.6 is 27.5 Å². The van der Waals surface area contributed by atoms with Crippen molar-refractivity contribution >= 4 is 39.0 Å². The average Bonchev–Trinajstić information content (AvgIpc) is 1.89. The second-order valence-electron chi connectivity index (χ2n) is 1.99. The molecule has 0 saturated heterocycles. The number of halogens is 2. The summed E-state index contributed by atoms with van der Waals surface area (Å²) in [6.07, 6.45) is 5.02. The van der Waals surface area contributed by atoms with Gasteiger partial charge in [-0.1, -0.05) is 22.0 Å². The molecule has 2 nitrogen and oxygen atoms in total. The molecule has 1 unspecified atom stereocenters. The van der Waals surface area contributed by atoms with Gasteiger partial charge in [0.15, 0.2) is 0 Å². The van der Waals surface area contributed by atoms with Crippen LogP contribution < -0.4 is 0 Å². The number of aliphatic imine (C=N–C) groups is 1. The SMILES string of the molecule is O=C(Cl)C1(Br)C=CC=NC1. The fourth-order valence-corrected chi connectivity index (χ4v) is 1.04. The van der Waals surface area contributed by atoms with Gasteiger partial charge in [0.05, 0.1) is 6.54 Å². The summed E-state index contributed by atoms with van der Waals surface area (Å²) in [6, 6.07) is 0. The Morgan fingerprint density at radius 3 is 2.80 bits per heavy atom. The van der Waals surface area contributed by atoms with Crippen LogP contribution in [0.15, 0.2) is 17.1 Å². The minimum Gasteiger partial charge on any atom is -0.291 e. The van der Waals surface area contributed by atoms with Crippen molar-refractivity contribution in [1.29, 1.82) is 0 Å². The maximum absolute atomic E-state index is 10.7. The predicted octanol–water partition coefficient (Wildman–Crippen LogP) is 1.53. The fourth-order valence-electron chi connectivity index (χ4n) is 0.622. The van der Waals surface area contributed by atoms with Gasteiger partial charge in [0.25, 0.3) is 0 Å². The lowest BCUT2D eigenvalue weighted by atomic mass is 10.1. The molecule has 0 radical (unpaired) electrons. The molecule has 1 atom stereocenters. The van der Waals surface area contributed by atoms with Crippen LogP contribution in [0.2, 0.25) is 0 Å². The van der Waals surface area contributed by atoms with E-state index in [9.17, 15) is 4.79 Å². The minimum atomic E-state index is -0.761. The van der Waals surface area contributed by atoms with Crippen molar-refractivity contribution in [1.82, 2.24) is 0 Å². The summed E-state index contributed by atoms with van der Waals surface area (Å²) in [7, 11) is 0. The molecule has 0 spiro atoms. The Hall–Kier alpha value is -0.150. The third-order valence-electron chi connectivity index (χ3n) is 1.20. The molecular weight excluding hydrogens is 217 g/mol. The summed E-state index contributed by atoms with van der Waals surface area (Å²) >= 11 is 8.47. The molecule has 0 saturated carbocycles. The largest absolute Gasteiger partial charge is 0.291 e. The molecule has 1 aliphatic rings. The number of dihydropyridines is 1. The summed E-state index contributed by atoms with van der Waals surface area (Å²) in [5.74, 6) is 0. The van der Waals surface area contributed by atoms with E-state index in [1.165, 1.54) is 0 Å². The lowest BCUT2D eigenvalue weighted by molar-refractivity contribution is -0.112. The van der Waals surface area contributed by atoms with E-state index in [-0.39, 0.29) is 0 Å². The maximum Gasteiger partial charge on any atom is 0.244 e. The predicted molar refractivity (Wildman–Crippen MR) is 45.0 cm³/mol. The highest BCUT2D eigenvalue weighted by Crippen LogP contribution is 2.25. The molecule has 0 N–H and O–H groups in total. The Labute approximate surface area is 72.1 Å². The van der Waals surface area contributed by atoms with Crippen molar-refractivity contribution in [3.63, 3.8) is 0 Å². The van der Waals surface area contributed by atoms with Gasteiger partial charge in [-0.3, -0.25) is 9.79 Å². The van der Waals surface area contributed by atoms with E-state index in [2.05, 4.69) is 20.9 Å². The number of hydrogen-bond acceptors (Lipinski definition) is 2. The first kappa shape index (κ1) is 7.95. The van der Waals surface area contributed by atoms with Gasteiger partial charge >= 0.3 is 0 Å². The number of alkyl halides is 1. The normalized spacial score (nSPS) is 30.6. The van der Waals surface area contributed by atoms with E-state index in [4.69, 9.17) is 11.6 Å². The zero-order chi connectivity index (χ0) is 7.61. The first-order valence-electron chi connectivity index (χ1n) is 2.72. The molecule has 54 valence electrons. The van der Waals surface area contributed by atoms with Gasteiger partial charge in [-0.15, -0.1) is 0 Å². The molecule has 0 aromatic rings. The summed E-state index contributed by atoms with van der Waals surface area (Å²) < 4.78 is -0.761. The maximum atomic E-state index is 10.7. The third-order valence-corrected chi connectivity index (χ3v) is 2.64. The standard InChI is InChI=1S/C6H5BrClNO/c7-6(5(8)10)2-1-3-9-4-6/h1-3H,4H2. The van der Waals surface area contributed by atoms with Crippen LogP contribution in [0, 0.1) is 0 Å². The first-order chi connectivity index (χ1) is 4.65. The Morgan fingerprint density at radius 2 is 2.50 bits per heavy atom. The van der Waals surface area contributed by atoms with Crippen LogP contribution in [-0.4, -0.2) is 22.3 Å². The molecule has 0 aliphatic carbocycles. The summed E-state index contributed by atoms with van der Waals surface area (Å²) in [5, 5.41) is -0.430. The molecule has 1 rings (SSSR count). The Bertz CT molecular complexity index is 214. The van der Waals surface area contributed by atoms with Crippen molar-refractivity contribution in [2.24, 2.45) is 4.99 Å². The molecule has 1 heterocycles. The Kier molecular flexibility index (Phi) is 2.26. The smallest absolute Gasteiger partial charge is 0.244 e. The van der Waals surface area contributed by atoms with Gasteiger partial charge in [0.1, 0.15) is 4.32 Å². The lowest BCUT2D eigenvalue weighted by Crippen LogP contribution is -2.30. The lowest BCUT2D eigenvalue weighted by Gasteiger charge is -2.17. The second kappa shape index (κ2) is 2.84. The van der Waals surface area contributed by atoms with Crippen molar-refractivity contribution < 1.29 is 4.79 Å². The zero-order valence-corrected chi connectivity index (χ0v) is 7.39. The number of hydrogen-bond donors (Lipinski definition) is 0. The Morgan fingerprint density at radius 1 is 1.80 bits per heavy atom. The van der Waals surface area contributed by atoms with E-state index >= 15 is 0 Å². The fraction of sp³-hybridized carbons (Fsp3) is 0.333. The molecular formula is C6H5BrClNO. The minimum absolute atomic E-state index is 0.381. The van der Waals surface area contributed by atoms with Crippen molar-refractivity contribution in [3.05, 3.63) is 12.2 Å². The topological polar surface area (TPSA) is 29.4 Å². The highest BCUT2D eigenvalue weighted by Gasteiger charge is 2.31. The van der Waals surface area contributed by atoms with Crippen LogP contribution in [0.3, 0.4) is 0 Å². The third kappa shape index (κ3) is 1.47. The summed E-state index contributed by atoms with van der Waals surface area (Å²) in [5.41, 5.74) is 0. The molecule has 1 aliphatic heterocycles. The van der Waals surface area contributed by atoms with E-state index in [0.29, 0.717) is 6.54 Å². The molecule has 0 aromatic heterocycles. The van der Waals surface area contributed by atoms with Gasteiger partial charge in [0, 0.05) is 6.21 Å². The van der Waals surface area contributed by atoms with E-state index in [1.54, 1.807) is 18.4 Å². The monoisotopic (exact) mass is 221 g/mol. The van der Waals surface area contributed by atoms with Gasteiger partial charge < -0.3 is 0 Å². The van der Waals surface area contributed by atoms with Gasteiger partial charge in [-0.25, -0.2) is 0 Å².